The van der Waals surface area contributed by atoms with E-state index in [1.165, 1.54) is 6.20 Å². The van der Waals surface area contributed by atoms with Crippen molar-refractivity contribution in [1.82, 2.24) is 14.8 Å². The Bertz CT molecular complexity index is 918. The Hall–Kier alpha value is -3.48. The minimum absolute atomic E-state index is 0.250. The van der Waals surface area contributed by atoms with Gasteiger partial charge >= 0.3 is 5.97 Å². The number of benzene rings is 1. The number of carbonyl (C=O) groups is 2. The molecule has 0 aliphatic heterocycles. The van der Waals surface area contributed by atoms with Crippen LogP contribution in [0.15, 0.2) is 54.9 Å². The maximum Gasteiger partial charge on any atom is 0.341 e. The lowest BCUT2D eigenvalue weighted by atomic mass is 10.2. The summed E-state index contributed by atoms with van der Waals surface area (Å²) in [7, 11) is 0. The normalized spacial score (nSPS) is 10.4. The van der Waals surface area contributed by atoms with Crippen LogP contribution in [-0.2, 0) is 4.74 Å². The zero-order chi connectivity index (χ0) is 18.5. The molecule has 2 aromatic heterocycles. The Morgan fingerprint density at radius 3 is 2.58 bits per heavy atom. The smallest absolute Gasteiger partial charge is 0.341 e. The highest BCUT2D eigenvalue weighted by molar-refractivity contribution is 6.03. The van der Waals surface area contributed by atoms with Gasteiger partial charge in [-0.2, -0.15) is 5.10 Å². The molecule has 0 unspecified atom stereocenters. The predicted octanol–water partition coefficient (Wildman–Crippen LogP) is 3.00. The van der Waals surface area contributed by atoms with Gasteiger partial charge in [0.2, 0.25) is 0 Å². The number of amides is 1. The van der Waals surface area contributed by atoms with E-state index in [0.717, 1.165) is 5.69 Å². The molecule has 0 aliphatic rings. The number of anilines is 1. The fraction of sp³-hybridized carbons (Fsp3) is 0.158. The molecular formula is C19H18N4O3. The second-order valence-corrected chi connectivity index (χ2v) is 5.49. The number of aromatic nitrogens is 3. The number of nitrogens with zero attached hydrogens (tertiary/aromatic N) is 3. The van der Waals surface area contributed by atoms with E-state index >= 15 is 0 Å². The number of rotatable bonds is 5. The molecule has 0 saturated carbocycles. The van der Waals surface area contributed by atoms with Gasteiger partial charge in [0.1, 0.15) is 11.4 Å². The second kappa shape index (κ2) is 7.60. The summed E-state index contributed by atoms with van der Waals surface area (Å²) in [6.07, 6.45) is 3.09. The fourth-order valence-corrected chi connectivity index (χ4v) is 2.46. The lowest BCUT2D eigenvalue weighted by molar-refractivity contribution is 0.0525. The summed E-state index contributed by atoms with van der Waals surface area (Å²) in [6, 6.07) is 12.2. The summed E-state index contributed by atoms with van der Waals surface area (Å²) in [4.78, 5) is 28.2. The summed E-state index contributed by atoms with van der Waals surface area (Å²) in [5, 5.41) is 6.97. The van der Waals surface area contributed by atoms with Crippen LogP contribution in [-0.4, -0.2) is 33.2 Å². The van der Waals surface area contributed by atoms with Crippen LogP contribution in [0.2, 0.25) is 0 Å². The van der Waals surface area contributed by atoms with E-state index in [2.05, 4.69) is 15.4 Å². The molecule has 1 amide bonds. The fourth-order valence-electron chi connectivity index (χ4n) is 2.46. The number of hydrogen-bond acceptors (Lipinski definition) is 5. The first-order valence-electron chi connectivity index (χ1n) is 8.14. The van der Waals surface area contributed by atoms with Crippen molar-refractivity contribution >= 4 is 17.7 Å². The van der Waals surface area contributed by atoms with Crippen LogP contribution in [0.1, 0.15) is 33.3 Å². The maximum absolute atomic E-state index is 12.3. The molecular weight excluding hydrogens is 332 g/mol. The van der Waals surface area contributed by atoms with Crippen molar-refractivity contribution in [3.8, 4) is 5.69 Å². The van der Waals surface area contributed by atoms with E-state index in [9.17, 15) is 9.59 Å². The number of carbonyl (C=O) groups excluding carboxylic acids is 2. The van der Waals surface area contributed by atoms with Gasteiger partial charge in [-0.25, -0.2) is 14.5 Å². The molecule has 3 rings (SSSR count). The predicted molar refractivity (Wildman–Crippen MR) is 96.4 cm³/mol. The van der Waals surface area contributed by atoms with E-state index in [-0.39, 0.29) is 5.91 Å². The van der Waals surface area contributed by atoms with E-state index in [4.69, 9.17) is 4.74 Å². The number of esters is 1. The molecule has 0 radical (unpaired) electrons. The van der Waals surface area contributed by atoms with Crippen molar-refractivity contribution < 1.29 is 14.3 Å². The minimum atomic E-state index is -0.400. The van der Waals surface area contributed by atoms with Gasteiger partial charge in [-0.3, -0.25) is 4.79 Å². The monoisotopic (exact) mass is 350 g/mol. The van der Waals surface area contributed by atoms with Crippen molar-refractivity contribution in [3.05, 3.63) is 71.7 Å². The van der Waals surface area contributed by atoms with Crippen molar-refractivity contribution in [2.75, 3.05) is 11.9 Å². The standard InChI is InChI=1S/C19H18N4O3/c1-3-26-19(25)16-12-21-23(13(16)2)15-9-7-14(8-10-15)18(24)22-17-6-4-5-11-20-17/h4-12H,3H2,1-2H3,(H,20,22,24). The molecule has 7 heteroatoms. The third-order valence-corrected chi connectivity index (χ3v) is 3.79. The Morgan fingerprint density at radius 1 is 1.15 bits per heavy atom. The lowest BCUT2D eigenvalue weighted by Crippen LogP contribution is -2.13. The molecule has 26 heavy (non-hydrogen) atoms. The van der Waals surface area contributed by atoms with Gasteiger partial charge < -0.3 is 10.1 Å². The van der Waals surface area contributed by atoms with Gasteiger partial charge in [-0.15, -0.1) is 0 Å². The Morgan fingerprint density at radius 2 is 1.92 bits per heavy atom. The van der Waals surface area contributed by atoms with Crippen LogP contribution < -0.4 is 5.32 Å². The van der Waals surface area contributed by atoms with Gasteiger partial charge in [0, 0.05) is 11.8 Å². The molecule has 1 N–H and O–H groups in total. The van der Waals surface area contributed by atoms with E-state index in [1.54, 1.807) is 67.2 Å². The van der Waals surface area contributed by atoms with E-state index in [1.807, 2.05) is 0 Å². The molecule has 0 saturated heterocycles. The summed E-state index contributed by atoms with van der Waals surface area (Å²) >= 11 is 0. The summed E-state index contributed by atoms with van der Waals surface area (Å²) in [5.74, 6) is -0.161. The maximum atomic E-state index is 12.3. The first-order chi connectivity index (χ1) is 12.6. The molecule has 3 aromatic rings. The number of ether oxygens (including phenoxy) is 1. The molecule has 0 bridgehead atoms. The quantitative estimate of drug-likeness (QED) is 0.715. The largest absolute Gasteiger partial charge is 0.462 e. The summed E-state index contributed by atoms with van der Waals surface area (Å²) in [5.41, 5.74) is 2.33. The first kappa shape index (κ1) is 17.3. The lowest BCUT2D eigenvalue weighted by Gasteiger charge is -2.07. The zero-order valence-electron chi connectivity index (χ0n) is 14.5. The average molecular weight is 350 g/mol. The average Bonchev–Trinajstić information content (AvgIpc) is 3.04. The highest BCUT2D eigenvalue weighted by atomic mass is 16.5. The van der Waals surface area contributed by atoms with Crippen LogP contribution in [0.25, 0.3) is 5.69 Å². The molecule has 1 aromatic carbocycles. The van der Waals surface area contributed by atoms with Crippen molar-refractivity contribution in [3.63, 3.8) is 0 Å². The molecule has 0 spiro atoms. The molecule has 132 valence electrons. The number of pyridine rings is 1. The topological polar surface area (TPSA) is 86.1 Å². The third kappa shape index (κ3) is 3.61. The van der Waals surface area contributed by atoms with Crippen LogP contribution >= 0.6 is 0 Å². The van der Waals surface area contributed by atoms with Crippen LogP contribution in [0.4, 0.5) is 5.82 Å². The molecule has 2 heterocycles. The summed E-state index contributed by atoms with van der Waals surface area (Å²) in [6.45, 7) is 3.86. The zero-order valence-corrected chi connectivity index (χ0v) is 14.5. The van der Waals surface area contributed by atoms with Crippen molar-refractivity contribution in [2.24, 2.45) is 0 Å². The van der Waals surface area contributed by atoms with Crippen LogP contribution in [0.5, 0.6) is 0 Å². The van der Waals surface area contributed by atoms with Crippen molar-refractivity contribution in [2.45, 2.75) is 13.8 Å². The number of nitrogens with one attached hydrogen (secondary N) is 1. The van der Waals surface area contributed by atoms with E-state index in [0.29, 0.717) is 29.2 Å². The highest BCUT2D eigenvalue weighted by Gasteiger charge is 2.16. The van der Waals surface area contributed by atoms with Crippen molar-refractivity contribution in [1.29, 1.82) is 0 Å². The minimum Gasteiger partial charge on any atom is -0.462 e. The first-order valence-corrected chi connectivity index (χ1v) is 8.14. The molecule has 7 nitrogen and oxygen atoms in total. The molecule has 0 aliphatic carbocycles. The third-order valence-electron chi connectivity index (χ3n) is 3.79. The Labute approximate surface area is 150 Å². The van der Waals surface area contributed by atoms with Crippen LogP contribution in [0, 0.1) is 6.92 Å². The molecule has 0 atom stereocenters. The Kier molecular flexibility index (Phi) is 5.07. The van der Waals surface area contributed by atoms with E-state index < -0.39 is 5.97 Å². The molecule has 0 fully saturated rings. The summed E-state index contributed by atoms with van der Waals surface area (Å²) < 4.78 is 6.65. The van der Waals surface area contributed by atoms with Crippen LogP contribution in [0.3, 0.4) is 0 Å². The van der Waals surface area contributed by atoms with Gasteiger partial charge in [0.15, 0.2) is 0 Å². The van der Waals surface area contributed by atoms with Gasteiger partial charge in [-0.1, -0.05) is 6.07 Å². The second-order valence-electron chi connectivity index (χ2n) is 5.49. The SMILES string of the molecule is CCOC(=O)c1cnn(-c2ccc(C(=O)Nc3ccccn3)cc2)c1C. The van der Waals surface area contributed by atoms with Gasteiger partial charge in [0.25, 0.3) is 5.91 Å². The Balaban J connectivity index is 1.78. The number of hydrogen-bond donors (Lipinski definition) is 1. The van der Waals surface area contributed by atoms with Gasteiger partial charge in [0.05, 0.1) is 24.2 Å². The highest BCUT2D eigenvalue weighted by Crippen LogP contribution is 2.16. The van der Waals surface area contributed by atoms with Gasteiger partial charge in [-0.05, 0) is 50.2 Å².